The molecule has 0 saturated heterocycles. The average Bonchev–Trinajstić information content (AvgIpc) is 2.52. The smallest absolute Gasteiger partial charge is 0.305 e. The van der Waals surface area contributed by atoms with Gasteiger partial charge in [0.15, 0.2) is 0 Å². The van der Waals surface area contributed by atoms with E-state index in [1.807, 2.05) is 54.6 Å². The van der Waals surface area contributed by atoms with Crippen LogP contribution in [0.5, 0.6) is 5.75 Å². The minimum Gasteiger partial charge on any atom is -0.489 e. The van der Waals surface area contributed by atoms with Crippen LogP contribution in [0, 0.1) is 0 Å². The van der Waals surface area contributed by atoms with Crippen LogP contribution in [0.1, 0.15) is 17.5 Å². The molecule has 0 fully saturated rings. The van der Waals surface area contributed by atoms with Crippen molar-refractivity contribution in [1.29, 1.82) is 0 Å². The molecule has 0 aliphatic heterocycles. The summed E-state index contributed by atoms with van der Waals surface area (Å²) in [4.78, 5) is 11.2. The third-order valence-corrected chi connectivity index (χ3v) is 3.04. The molecule has 3 nitrogen and oxygen atoms in total. The number of hydrogen-bond donors (Lipinski definition) is 0. The molecule has 2 aromatic carbocycles. The van der Waals surface area contributed by atoms with Crippen molar-refractivity contribution in [1.82, 2.24) is 0 Å². The lowest BCUT2D eigenvalue weighted by Crippen LogP contribution is -2.04. The molecule has 104 valence electrons. The van der Waals surface area contributed by atoms with Crippen molar-refractivity contribution >= 4 is 5.97 Å². The number of methoxy groups -OCH3 is 1. The number of aryl methyl sites for hydroxylation is 1. The van der Waals surface area contributed by atoms with Crippen LogP contribution in [-0.4, -0.2) is 13.1 Å². The van der Waals surface area contributed by atoms with Crippen LogP contribution in [0.3, 0.4) is 0 Å². The van der Waals surface area contributed by atoms with Gasteiger partial charge in [-0.05, 0) is 23.6 Å². The van der Waals surface area contributed by atoms with Gasteiger partial charge >= 0.3 is 5.97 Å². The lowest BCUT2D eigenvalue weighted by molar-refractivity contribution is -0.140. The molecule has 0 saturated carbocycles. The highest BCUT2D eigenvalue weighted by atomic mass is 16.5. The van der Waals surface area contributed by atoms with Gasteiger partial charge in [0.1, 0.15) is 12.4 Å². The van der Waals surface area contributed by atoms with Crippen molar-refractivity contribution in [2.24, 2.45) is 0 Å². The van der Waals surface area contributed by atoms with E-state index in [0.29, 0.717) is 19.4 Å². The zero-order chi connectivity index (χ0) is 14.2. The Balaban J connectivity index is 1.98. The third kappa shape index (κ3) is 4.12. The summed E-state index contributed by atoms with van der Waals surface area (Å²) in [5.41, 5.74) is 2.14. The van der Waals surface area contributed by atoms with Crippen molar-refractivity contribution in [3.63, 3.8) is 0 Å². The Bertz CT molecular complexity index is 549. The van der Waals surface area contributed by atoms with E-state index in [1.54, 1.807) is 0 Å². The zero-order valence-corrected chi connectivity index (χ0v) is 11.5. The van der Waals surface area contributed by atoms with Crippen LogP contribution in [-0.2, 0) is 22.6 Å². The molecule has 0 heterocycles. The average molecular weight is 270 g/mol. The molecule has 0 amide bonds. The molecule has 2 aromatic rings. The number of esters is 1. The van der Waals surface area contributed by atoms with E-state index < -0.39 is 0 Å². The molecule has 20 heavy (non-hydrogen) atoms. The summed E-state index contributed by atoms with van der Waals surface area (Å²) in [6.07, 6.45) is 0.986. The van der Waals surface area contributed by atoms with Crippen LogP contribution < -0.4 is 4.74 Å². The number of rotatable bonds is 6. The van der Waals surface area contributed by atoms with Gasteiger partial charge in [-0.15, -0.1) is 0 Å². The van der Waals surface area contributed by atoms with Crippen molar-refractivity contribution in [3.05, 3.63) is 65.7 Å². The van der Waals surface area contributed by atoms with Crippen molar-refractivity contribution < 1.29 is 14.3 Å². The SMILES string of the molecule is COC(=O)CCc1ccccc1OCc1ccccc1. The number of carbonyl (C=O) groups excluding carboxylic acids is 1. The second-order valence-electron chi connectivity index (χ2n) is 4.46. The van der Waals surface area contributed by atoms with Gasteiger partial charge in [0, 0.05) is 6.42 Å². The first kappa shape index (κ1) is 14.1. The molecule has 0 bridgehead atoms. The van der Waals surface area contributed by atoms with Gasteiger partial charge in [-0.3, -0.25) is 4.79 Å². The summed E-state index contributed by atoms with van der Waals surface area (Å²) in [6.45, 7) is 0.524. The van der Waals surface area contributed by atoms with E-state index in [2.05, 4.69) is 4.74 Å². The fraction of sp³-hybridized carbons (Fsp3) is 0.235. The maximum atomic E-state index is 11.2. The number of para-hydroxylation sites is 1. The standard InChI is InChI=1S/C17H18O3/c1-19-17(18)12-11-15-9-5-6-10-16(15)20-13-14-7-3-2-4-8-14/h2-10H,11-13H2,1H3. The molecule has 0 aliphatic rings. The van der Waals surface area contributed by atoms with Gasteiger partial charge in [0.2, 0.25) is 0 Å². The lowest BCUT2D eigenvalue weighted by atomic mass is 10.1. The Morgan fingerprint density at radius 1 is 1.00 bits per heavy atom. The number of carbonyl (C=O) groups is 1. The Hall–Kier alpha value is -2.29. The highest BCUT2D eigenvalue weighted by Gasteiger charge is 2.06. The first-order valence-corrected chi connectivity index (χ1v) is 6.61. The van der Waals surface area contributed by atoms with Crippen LogP contribution in [0.25, 0.3) is 0 Å². The van der Waals surface area contributed by atoms with Crippen LogP contribution >= 0.6 is 0 Å². The van der Waals surface area contributed by atoms with Gasteiger partial charge in [0.05, 0.1) is 7.11 Å². The van der Waals surface area contributed by atoms with Crippen LogP contribution in [0.2, 0.25) is 0 Å². The highest BCUT2D eigenvalue weighted by Crippen LogP contribution is 2.21. The van der Waals surface area contributed by atoms with E-state index in [-0.39, 0.29) is 5.97 Å². The molecule has 0 unspecified atom stereocenters. The van der Waals surface area contributed by atoms with Gasteiger partial charge in [-0.25, -0.2) is 0 Å². The largest absolute Gasteiger partial charge is 0.489 e. The van der Waals surface area contributed by atoms with E-state index in [1.165, 1.54) is 7.11 Å². The van der Waals surface area contributed by atoms with E-state index >= 15 is 0 Å². The van der Waals surface area contributed by atoms with E-state index in [9.17, 15) is 4.79 Å². The molecule has 0 spiro atoms. The Morgan fingerprint density at radius 3 is 2.45 bits per heavy atom. The molecule has 2 rings (SSSR count). The number of ether oxygens (including phenoxy) is 2. The Morgan fingerprint density at radius 2 is 1.70 bits per heavy atom. The van der Waals surface area contributed by atoms with Gasteiger partial charge in [0.25, 0.3) is 0 Å². The zero-order valence-electron chi connectivity index (χ0n) is 11.5. The minimum absolute atomic E-state index is 0.206. The lowest BCUT2D eigenvalue weighted by Gasteiger charge is -2.11. The van der Waals surface area contributed by atoms with Gasteiger partial charge < -0.3 is 9.47 Å². The molecule has 0 radical (unpaired) electrons. The second-order valence-corrected chi connectivity index (χ2v) is 4.46. The summed E-state index contributed by atoms with van der Waals surface area (Å²) in [5.74, 6) is 0.614. The maximum Gasteiger partial charge on any atom is 0.305 e. The summed E-state index contributed by atoms with van der Waals surface area (Å²) in [7, 11) is 1.40. The van der Waals surface area contributed by atoms with E-state index in [4.69, 9.17) is 4.74 Å². The molecular weight excluding hydrogens is 252 g/mol. The highest BCUT2D eigenvalue weighted by molar-refractivity contribution is 5.69. The fourth-order valence-electron chi connectivity index (χ4n) is 1.93. The first-order chi connectivity index (χ1) is 9.79. The summed E-state index contributed by atoms with van der Waals surface area (Å²) < 4.78 is 10.5. The van der Waals surface area contributed by atoms with E-state index in [0.717, 1.165) is 16.9 Å². The number of hydrogen-bond acceptors (Lipinski definition) is 3. The monoisotopic (exact) mass is 270 g/mol. The topological polar surface area (TPSA) is 35.5 Å². The summed E-state index contributed by atoms with van der Waals surface area (Å²) in [5, 5.41) is 0. The summed E-state index contributed by atoms with van der Waals surface area (Å²) >= 11 is 0. The quantitative estimate of drug-likeness (QED) is 0.755. The minimum atomic E-state index is -0.206. The molecule has 0 N–H and O–H groups in total. The molecular formula is C17H18O3. The maximum absolute atomic E-state index is 11.2. The Labute approximate surface area is 119 Å². The Kier molecular flexibility index (Phi) is 5.18. The normalized spacial score (nSPS) is 10.1. The van der Waals surface area contributed by atoms with Crippen LogP contribution in [0.4, 0.5) is 0 Å². The predicted octanol–water partition coefficient (Wildman–Crippen LogP) is 3.37. The fourth-order valence-corrected chi connectivity index (χ4v) is 1.93. The molecule has 0 atom stereocenters. The first-order valence-electron chi connectivity index (χ1n) is 6.61. The molecule has 0 aromatic heterocycles. The van der Waals surface area contributed by atoms with Crippen molar-refractivity contribution in [2.45, 2.75) is 19.4 Å². The van der Waals surface area contributed by atoms with Gasteiger partial charge in [-0.2, -0.15) is 0 Å². The third-order valence-electron chi connectivity index (χ3n) is 3.04. The van der Waals surface area contributed by atoms with Gasteiger partial charge in [-0.1, -0.05) is 48.5 Å². The van der Waals surface area contributed by atoms with Crippen molar-refractivity contribution in [2.75, 3.05) is 7.11 Å². The second kappa shape index (κ2) is 7.34. The van der Waals surface area contributed by atoms with Crippen LogP contribution in [0.15, 0.2) is 54.6 Å². The molecule has 3 heteroatoms. The number of benzene rings is 2. The van der Waals surface area contributed by atoms with Crippen molar-refractivity contribution in [3.8, 4) is 5.75 Å². The molecule has 0 aliphatic carbocycles. The summed E-state index contributed by atoms with van der Waals surface area (Å²) in [6, 6.07) is 17.8. The predicted molar refractivity (Wildman–Crippen MR) is 77.6 cm³/mol.